The van der Waals surface area contributed by atoms with Crippen LogP contribution in [-0.2, 0) is 14.3 Å². The molecule has 0 aromatic rings. The molecule has 0 bridgehead atoms. The van der Waals surface area contributed by atoms with Gasteiger partial charge in [-0.3, -0.25) is 0 Å². The highest BCUT2D eigenvalue weighted by Crippen LogP contribution is 1.73. The van der Waals surface area contributed by atoms with Crippen LogP contribution in [0.25, 0.3) is 0 Å². The highest BCUT2D eigenvalue weighted by atomic mass is 16.5. The standard InChI is InChI=1S/C5H8O2.C4H6O2/c1-3-4-5(6)7-2;1-2-3-4(5)6/h3-4H,1-2H3;2-3H,1H3,(H,5,6)/b4-3+;3-2+. The van der Waals surface area contributed by atoms with Gasteiger partial charge in [-0.05, 0) is 13.8 Å². The summed E-state index contributed by atoms with van der Waals surface area (Å²) in [6, 6.07) is 0. The Labute approximate surface area is 77.5 Å². The fourth-order valence-corrected chi connectivity index (χ4v) is 0.347. The van der Waals surface area contributed by atoms with Crippen molar-refractivity contribution < 1.29 is 19.4 Å². The van der Waals surface area contributed by atoms with E-state index in [4.69, 9.17) is 5.11 Å². The number of carbonyl (C=O) groups excluding carboxylic acids is 1. The average Bonchev–Trinajstić information content (AvgIpc) is 2.05. The van der Waals surface area contributed by atoms with Gasteiger partial charge in [0.1, 0.15) is 0 Å². The highest BCUT2D eigenvalue weighted by molar-refractivity contribution is 5.81. The minimum Gasteiger partial charge on any atom is -0.478 e. The first kappa shape index (κ1) is 14.0. The maximum absolute atomic E-state index is 10.1. The number of carboxylic acid groups (broad SMARTS) is 1. The normalized spacial score (nSPS) is 9.46. The highest BCUT2D eigenvalue weighted by Gasteiger charge is 1.84. The van der Waals surface area contributed by atoms with Crippen molar-refractivity contribution in [3.63, 3.8) is 0 Å². The lowest BCUT2D eigenvalue weighted by atomic mass is 10.5. The third-order valence-electron chi connectivity index (χ3n) is 0.813. The third kappa shape index (κ3) is 17.9. The fourth-order valence-electron chi connectivity index (χ4n) is 0.347. The van der Waals surface area contributed by atoms with Gasteiger partial charge < -0.3 is 9.84 Å². The Kier molecular flexibility index (Phi) is 11.2. The lowest BCUT2D eigenvalue weighted by Gasteiger charge is -1.84. The minimum absolute atomic E-state index is 0.303. The number of carbonyl (C=O) groups is 2. The van der Waals surface area contributed by atoms with E-state index in [1.807, 2.05) is 0 Å². The van der Waals surface area contributed by atoms with Crippen LogP contribution in [0.15, 0.2) is 24.3 Å². The summed E-state index contributed by atoms with van der Waals surface area (Å²) in [6.07, 6.45) is 5.55. The molecule has 0 fully saturated rings. The summed E-state index contributed by atoms with van der Waals surface area (Å²) in [4.78, 5) is 19.6. The van der Waals surface area contributed by atoms with Crippen molar-refractivity contribution in [3.05, 3.63) is 24.3 Å². The van der Waals surface area contributed by atoms with Crippen molar-refractivity contribution in [3.8, 4) is 0 Å². The number of carboxylic acids is 1. The summed E-state index contributed by atoms with van der Waals surface area (Å²) >= 11 is 0. The Morgan fingerprint density at radius 2 is 1.62 bits per heavy atom. The molecule has 0 saturated carbocycles. The molecule has 0 aliphatic heterocycles. The zero-order valence-corrected chi connectivity index (χ0v) is 7.98. The van der Waals surface area contributed by atoms with Crippen molar-refractivity contribution in [1.29, 1.82) is 0 Å². The molecule has 0 heterocycles. The third-order valence-corrected chi connectivity index (χ3v) is 0.813. The van der Waals surface area contributed by atoms with Gasteiger partial charge in [-0.2, -0.15) is 0 Å². The predicted molar refractivity (Wildman–Crippen MR) is 49.3 cm³/mol. The van der Waals surface area contributed by atoms with Crippen LogP contribution in [0, 0.1) is 0 Å². The Balaban J connectivity index is 0. The number of esters is 1. The molecule has 0 atom stereocenters. The number of ether oxygens (including phenoxy) is 1. The number of aliphatic carboxylic acids is 1. The zero-order chi connectivity index (χ0) is 10.7. The van der Waals surface area contributed by atoms with Crippen LogP contribution < -0.4 is 0 Å². The van der Waals surface area contributed by atoms with Gasteiger partial charge in [0, 0.05) is 12.2 Å². The molecule has 0 radical (unpaired) electrons. The lowest BCUT2D eigenvalue weighted by Crippen LogP contribution is -1.92. The molecule has 0 rings (SSSR count). The van der Waals surface area contributed by atoms with E-state index >= 15 is 0 Å². The quantitative estimate of drug-likeness (QED) is 0.522. The Morgan fingerprint density at radius 3 is 1.69 bits per heavy atom. The summed E-state index contributed by atoms with van der Waals surface area (Å²) in [5.41, 5.74) is 0. The molecule has 4 heteroatoms. The molecular formula is C9H14O4. The molecule has 0 aromatic heterocycles. The number of hydrogen-bond donors (Lipinski definition) is 1. The van der Waals surface area contributed by atoms with Gasteiger partial charge in [-0.1, -0.05) is 12.2 Å². The monoisotopic (exact) mass is 186 g/mol. The fraction of sp³-hybridized carbons (Fsp3) is 0.333. The van der Waals surface area contributed by atoms with Crippen molar-refractivity contribution in [2.24, 2.45) is 0 Å². The zero-order valence-electron chi connectivity index (χ0n) is 7.98. The summed E-state index contributed by atoms with van der Waals surface area (Å²) in [7, 11) is 1.35. The van der Waals surface area contributed by atoms with Crippen molar-refractivity contribution in [2.45, 2.75) is 13.8 Å². The first-order valence-electron chi connectivity index (χ1n) is 3.64. The topological polar surface area (TPSA) is 63.6 Å². The summed E-state index contributed by atoms with van der Waals surface area (Å²) < 4.78 is 4.26. The first-order chi connectivity index (χ1) is 6.08. The molecule has 0 aliphatic rings. The number of hydrogen-bond acceptors (Lipinski definition) is 3. The molecule has 0 aromatic carbocycles. The average molecular weight is 186 g/mol. The van der Waals surface area contributed by atoms with Crippen LogP contribution in [0.2, 0.25) is 0 Å². The van der Waals surface area contributed by atoms with E-state index in [-0.39, 0.29) is 5.97 Å². The van der Waals surface area contributed by atoms with Crippen LogP contribution in [0.5, 0.6) is 0 Å². The molecule has 0 amide bonds. The van der Waals surface area contributed by atoms with Crippen LogP contribution in [0.4, 0.5) is 0 Å². The first-order valence-corrected chi connectivity index (χ1v) is 3.64. The van der Waals surface area contributed by atoms with Gasteiger partial charge in [-0.15, -0.1) is 0 Å². The van der Waals surface area contributed by atoms with Crippen LogP contribution in [-0.4, -0.2) is 24.2 Å². The predicted octanol–water partition coefficient (Wildman–Crippen LogP) is 1.38. The molecular weight excluding hydrogens is 172 g/mol. The van der Waals surface area contributed by atoms with Crippen LogP contribution >= 0.6 is 0 Å². The molecule has 0 aliphatic carbocycles. The second kappa shape index (κ2) is 10.4. The summed E-state index contributed by atoms with van der Waals surface area (Å²) in [5, 5.41) is 7.83. The molecule has 0 spiro atoms. The molecule has 13 heavy (non-hydrogen) atoms. The van der Waals surface area contributed by atoms with E-state index in [1.54, 1.807) is 19.9 Å². The van der Waals surface area contributed by atoms with E-state index in [9.17, 15) is 9.59 Å². The number of allylic oxidation sites excluding steroid dienone is 2. The van der Waals surface area contributed by atoms with Gasteiger partial charge in [-0.25, -0.2) is 9.59 Å². The van der Waals surface area contributed by atoms with E-state index in [0.717, 1.165) is 6.08 Å². The van der Waals surface area contributed by atoms with Gasteiger partial charge in [0.15, 0.2) is 0 Å². The lowest BCUT2D eigenvalue weighted by molar-refractivity contribution is -0.135. The number of methoxy groups -OCH3 is 1. The maximum Gasteiger partial charge on any atom is 0.330 e. The minimum atomic E-state index is -0.891. The van der Waals surface area contributed by atoms with Gasteiger partial charge in [0.25, 0.3) is 0 Å². The molecule has 1 N–H and O–H groups in total. The maximum atomic E-state index is 10.1. The SMILES string of the molecule is C/C=C/C(=O)O.C/C=C/C(=O)OC. The molecule has 0 unspecified atom stereocenters. The second-order valence-corrected chi connectivity index (χ2v) is 1.86. The van der Waals surface area contributed by atoms with E-state index in [1.165, 1.54) is 19.3 Å². The molecule has 74 valence electrons. The largest absolute Gasteiger partial charge is 0.478 e. The van der Waals surface area contributed by atoms with E-state index in [2.05, 4.69) is 4.74 Å². The summed E-state index contributed by atoms with van der Waals surface area (Å²) in [5.74, 6) is -1.19. The smallest absolute Gasteiger partial charge is 0.330 e. The van der Waals surface area contributed by atoms with E-state index in [0.29, 0.717) is 0 Å². The van der Waals surface area contributed by atoms with Crippen molar-refractivity contribution in [2.75, 3.05) is 7.11 Å². The Bertz CT molecular complexity index is 204. The molecule has 0 saturated heterocycles. The molecule has 4 nitrogen and oxygen atoms in total. The Morgan fingerprint density at radius 1 is 1.15 bits per heavy atom. The van der Waals surface area contributed by atoms with Crippen molar-refractivity contribution in [1.82, 2.24) is 0 Å². The Hall–Kier alpha value is -1.58. The van der Waals surface area contributed by atoms with Crippen molar-refractivity contribution >= 4 is 11.9 Å². The second-order valence-electron chi connectivity index (χ2n) is 1.86. The van der Waals surface area contributed by atoms with Gasteiger partial charge >= 0.3 is 11.9 Å². The van der Waals surface area contributed by atoms with E-state index < -0.39 is 5.97 Å². The number of rotatable bonds is 2. The van der Waals surface area contributed by atoms with Gasteiger partial charge in [0.05, 0.1) is 7.11 Å². The summed E-state index contributed by atoms with van der Waals surface area (Å²) in [6.45, 7) is 3.42. The van der Waals surface area contributed by atoms with Crippen LogP contribution in [0.3, 0.4) is 0 Å². The van der Waals surface area contributed by atoms with Gasteiger partial charge in [0.2, 0.25) is 0 Å². The van der Waals surface area contributed by atoms with Crippen LogP contribution in [0.1, 0.15) is 13.8 Å².